The zero-order valence-electron chi connectivity index (χ0n) is 9.17. The third kappa shape index (κ3) is 3.59. The predicted octanol–water partition coefficient (Wildman–Crippen LogP) is 3.14. The average Bonchev–Trinajstić information content (AvgIpc) is 2.63. The average molecular weight is 211 g/mol. The van der Waals surface area contributed by atoms with Crippen molar-refractivity contribution in [1.82, 2.24) is 0 Å². The Morgan fingerprint density at radius 3 is 2.67 bits per heavy atom. The first-order chi connectivity index (χ1) is 7.07. The second-order valence-corrected chi connectivity index (χ2v) is 3.98. The first-order valence-corrected chi connectivity index (χ1v) is 5.40. The van der Waals surface area contributed by atoms with Gasteiger partial charge in [0.05, 0.1) is 11.3 Å². The Hall–Kier alpha value is -0.960. The molecule has 0 saturated heterocycles. The molecule has 1 rings (SSSR count). The number of rotatable bonds is 4. The van der Waals surface area contributed by atoms with Crippen molar-refractivity contribution in [3.8, 4) is 0 Å². The van der Waals surface area contributed by atoms with Crippen LogP contribution >= 0.6 is 0 Å². The molecule has 3 heteroatoms. The van der Waals surface area contributed by atoms with E-state index < -0.39 is 11.4 Å². The van der Waals surface area contributed by atoms with Gasteiger partial charge in [-0.2, -0.15) is 0 Å². The molecule has 0 aromatic heterocycles. The highest BCUT2D eigenvalue weighted by atomic mass is 19.1. The van der Waals surface area contributed by atoms with Gasteiger partial charge in [-0.15, -0.1) is 0 Å². The van der Waals surface area contributed by atoms with Crippen LogP contribution in [-0.4, -0.2) is 16.9 Å². The lowest BCUT2D eigenvalue weighted by Gasteiger charge is -2.15. The summed E-state index contributed by atoms with van der Waals surface area (Å²) in [5, 5.41) is 9.92. The van der Waals surface area contributed by atoms with E-state index in [1.54, 1.807) is 0 Å². The Morgan fingerprint density at radius 2 is 2.13 bits per heavy atom. The number of hydrogen-bond donors (Lipinski definition) is 1. The van der Waals surface area contributed by atoms with Crippen LogP contribution in [-0.2, 0) is 0 Å². The minimum Gasteiger partial charge on any atom is -0.384 e. The van der Waals surface area contributed by atoms with Crippen molar-refractivity contribution < 1.29 is 9.50 Å². The summed E-state index contributed by atoms with van der Waals surface area (Å²) in [7, 11) is 0. The number of hydrogen-bond acceptors (Lipinski definition) is 2. The molecule has 15 heavy (non-hydrogen) atoms. The molecule has 0 bridgehead atoms. The Bertz CT molecular complexity index is 288. The molecule has 1 saturated carbocycles. The van der Waals surface area contributed by atoms with Gasteiger partial charge in [-0.25, -0.2) is 4.39 Å². The Kier molecular flexibility index (Phi) is 4.21. The van der Waals surface area contributed by atoms with Gasteiger partial charge in [0.15, 0.2) is 0 Å². The molecule has 0 amide bonds. The van der Waals surface area contributed by atoms with E-state index in [-0.39, 0.29) is 5.70 Å². The van der Waals surface area contributed by atoms with Crippen molar-refractivity contribution in [1.29, 1.82) is 0 Å². The van der Waals surface area contributed by atoms with Crippen LogP contribution in [0.2, 0.25) is 0 Å². The zero-order valence-corrected chi connectivity index (χ0v) is 9.17. The minimum absolute atomic E-state index is 0.0946. The van der Waals surface area contributed by atoms with Gasteiger partial charge in [0.2, 0.25) is 0 Å². The number of aliphatic hydroxyl groups is 1. The van der Waals surface area contributed by atoms with Gasteiger partial charge in [0, 0.05) is 6.21 Å². The lowest BCUT2D eigenvalue weighted by molar-refractivity contribution is 0.125. The minimum atomic E-state index is -0.838. The molecule has 0 atom stereocenters. The highest BCUT2D eigenvalue weighted by Crippen LogP contribution is 2.28. The van der Waals surface area contributed by atoms with Crippen LogP contribution in [0.1, 0.15) is 39.0 Å². The van der Waals surface area contributed by atoms with E-state index >= 15 is 0 Å². The van der Waals surface area contributed by atoms with E-state index in [1.807, 2.05) is 6.92 Å². The van der Waals surface area contributed by atoms with Gasteiger partial charge in [-0.3, -0.25) is 4.99 Å². The monoisotopic (exact) mass is 211 g/mol. The Balaban J connectivity index is 2.57. The fraction of sp³-hybridized carbons (Fsp3) is 0.583. The molecule has 0 spiro atoms. The summed E-state index contributed by atoms with van der Waals surface area (Å²) in [4.78, 5) is 3.88. The van der Waals surface area contributed by atoms with E-state index in [4.69, 9.17) is 0 Å². The molecule has 1 fully saturated rings. The second kappa shape index (κ2) is 5.21. The van der Waals surface area contributed by atoms with Crippen molar-refractivity contribution in [2.24, 2.45) is 4.99 Å². The Morgan fingerprint density at radius 1 is 1.53 bits per heavy atom. The van der Waals surface area contributed by atoms with E-state index in [0.29, 0.717) is 19.3 Å². The first-order valence-electron chi connectivity index (χ1n) is 5.40. The van der Waals surface area contributed by atoms with Crippen molar-refractivity contribution >= 4 is 6.21 Å². The van der Waals surface area contributed by atoms with Crippen LogP contribution in [0.5, 0.6) is 0 Å². The SMILES string of the molecule is C=C(N=CC1(O)CCCC1)/C(F)=C\CC. The maximum Gasteiger partial charge on any atom is 0.144 e. The van der Waals surface area contributed by atoms with Crippen molar-refractivity contribution in [2.45, 2.75) is 44.6 Å². The van der Waals surface area contributed by atoms with Crippen LogP contribution < -0.4 is 0 Å². The maximum atomic E-state index is 13.2. The van der Waals surface area contributed by atoms with E-state index in [2.05, 4.69) is 11.6 Å². The lowest BCUT2D eigenvalue weighted by Crippen LogP contribution is -2.25. The van der Waals surface area contributed by atoms with Crippen LogP contribution in [0.4, 0.5) is 4.39 Å². The third-order valence-electron chi connectivity index (χ3n) is 2.59. The molecule has 0 unspecified atom stereocenters. The largest absolute Gasteiger partial charge is 0.384 e. The fourth-order valence-corrected chi connectivity index (χ4v) is 1.67. The van der Waals surface area contributed by atoms with Crippen LogP contribution in [0.25, 0.3) is 0 Å². The van der Waals surface area contributed by atoms with E-state index in [0.717, 1.165) is 12.8 Å². The van der Waals surface area contributed by atoms with Gasteiger partial charge in [-0.1, -0.05) is 26.3 Å². The smallest absolute Gasteiger partial charge is 0.144 e. The summed E-state index contributed by atoms with van der Waals surface area (Å²) in [6.45, 7) is 5.36. The van der Waals surface area contributed by atoms with Gasteiger partial charge in [0.25, 0.3) is 0 Å². The predicted molar refractivity (Wildman–Crippen MR) is 60.5 cm³/mol. The summed E-state index contributed by atoms with van der Waals surface area (Å²) < 4.78 is 13.2. The van der Waals surface area contributed by atoms with Crippen LogP contribution in [0, 0.1) is 0 Å². The standard InChI is InChI=1S/C12H18FNO/c1-3-6-11(13)10(2)14-9-12(15)7-4-5-8-12/h6,9,15H,2-5,7-8H2,1H3/b11-6+,14-9?. The second-order valence-electron chi connectivity index (χ2n) is 3.98. The van der Waals surface area contributed by atoms with Crippen molar-refractivity contribution in [3.05, 3.63) is 24.2 Å². The number of nitrogens with zero attached hydrogens (tertiary/aromatic N) is 1. The first kappa shape index (κ1) is 12.1. The quantitative estimate of drug-likeness (QED) is 0.562. The lowest BCUT2D eigenvalue weighted by atomic mass is 10.1. The molecule has 0 aliphatic heterocycles. The highest BCUT2D eigenvalue weighted by molar-refractivity contribution is 5.70. The topological polar surface area (TPSA) is 32.6 Å². The summed E-state index contributed by atoms with van der Waals surface area (Å²) >= 11 is 0. The molecule has 1 aliphatic carbocycles. The molecule has 1 aliphatic rings. The number of aliphatic imine (C=N–C) groups is 1. The van der Waals surface area contributed by atoms with Gasteiger partial charge in [-0.05, 0) is 25.3 Å². The molecule has 84 valence electrons. The molecule has 0 heterocycles. The Labute approximate surface area is 90.2 Å². The summed E-state index contributed by atoms with van der Waals surface area (Å²) in [5.41, 5.74) is -0.743. The molecule has 1 N–H and O–H groups in total. The summed E-state index contributed by atoms with van der Waals surface area (Å²) in [6, 6.07) is 0. The molecular formula is C12H18FNO. The number of halogens is 1. The van der Waals surface area contributed by atoms with Gasteiger partial charge >= 0.3 is 0 Å². The fourth-order valence-electron chi connectivity index (χ4n) is 1.67. The van der Waals surface area contributed by atoms with Gasteiger partial charge in [0.1, 0.15) is 5.83 Å². The molecular weight excluding hydrogens is 193 g/mol. The van der Waals surface area contributed by atoms with E-state index in [9.17, 15) is 9.50 Å². The normalized spacial score (nSPS) is 21.1. The number of allylic oxidation sites excluding steroid dienone is 2. The molecule has 0 radical (unpaired) electrons. The van der Waals surface area contributed by atoms with Crippen LogP contribution in [0.15, 0.2) is 29.2 Å². The zero-order chi connectivity index (χ0) is 11.3. The van der Waals surface area contributed by atoms with Crippen molar-refractivity contribution in [3.63, 3.8) is 0 Å². The molecule has 2 nitrogen and oxygen atoms in total. The van der Waals surface area contributed by atoms with Crippen LogP contribution in [0.3, 0.4) is 0 Å². The van der Waals surface area contributed by atoms with Crippen molar-refractivity contribution in [2.75, 3.05) is 0 Å². The van der Waals surface area contributed by atoms with E-state index in [1.165, 1.54) is 12.3 Å². The van der Waals surface area contributed by atoms with Gasteiger partial charge < -0.3 is 5.11 Å². The third-order valence-corrected chi connectivity index (χ3v) is 2.59. The molecule has 0 aromatic rings. The molecule has 0 aromatic carbocycles. The maximum absolute atomic E-state index is 13.2. The summed E-state index contributed by atoms with van der Waals surface area (Å²) in [5.74, 6) is -0.407. The summed E-state index contributed by atoms with van der Waals surface area (Å²) in [6.07, 6.45) is 6.91. The highest BCUT2D eigenvalue weighted by Gasteiger charge is 2.28.